The van der Waals surface area contributed by atoms with Gasteiger partial charge in [-0.25, -0.2) is 0 Å². The quantitative estimate of drug-likeness (QED) is 0.667. The smallest absolute Gasteiger partial charge is 0.0549 e. The molecule has 0 amide bonds. The number of rotatable bonds is 6. The fourth-order valence-corrected chi connectivity index (χ4v) is 1.43. The molecule has 0 fully saturated rings. The SMILES string of the molecule is CCC(CCO)Nc1cncc(NC)c1. The largest absolute Gasteiger partial charge is 0.396 e. The van der Waals surface area contributed by atoms with Gasteiger partial charge in [0.1, 0.15) is 0 Å². The van der Waals surface area contributed by atoms with Gasteiger partial charge in [0.15, 0.2) is 0 Å². The summed E-state index contributed by atoms with van der Waals surface area (Å²) in [5.74, 6) is 0. The maximum Gasteiger partial charge on any atom is 0.0549 e. The molecule has 1 unspecified atom stereocenters. The summed E-state index contributed by atoms with van der Waals surface area (Å²) >= 11 is 0. The molecule has 1 rings (SSSR count). The number of nitrogens with one attached hydrogen (secondary N) is 2. The molecule has 84 valence electrons. The summed E-state index contributed by atoms with van der Waals surface area (Å²) in [7, 11) is 1.87. The fraction of sp³-hybridized carbons (Fsp3) is 0.545. The van der Waals surface area contributed by atoms with Gasteiger partial charge in [0, 0.05) is 19.7 Å². The van der Waals surface area contributed by atoms with Crippen LogP contribution in [-0.4, -0.2) is 29.8 Å². The van der Waals surface area contributed by atoms with E-state index in [9.17, 15) is 0 Å². The Hall–Kier alpha value is -1.29. The van der Waals surface area contributed by atoms with Crippen molar-refractivity contribution >= 4 is 11.4 Å². The van der Waals surface area contributed by atoms with E-state index >= 15 is 0 Å². The van der Waals surface area contributed by atoms with Gasteiger partial charge in [-0.15, -0.1) is 0 Å². The van der Waals surface area contributed by atoms with E-state index in [0.717, 1.165) is 24.2 Å². The molecule has 1 aromatic heterocycles. The normalized spacial score (nSPS) is 12.2. The molecule has 0 saturated carbocycles. The van der Waals surface area contributed by atoms with Crippen molar-refractivity contribution in [2.75, 3.05) is 24.3 Å². The molecule has 0 aliphatic heterocycles. The topological polar surface area (TPSA) is 57.2 Å². The van der Waals surface area contributed by atoms with Crippen molar-refractivity contribution in [2.24, 2.45) is 0 Å². The predicted octanol–water partition coefficient (Wildman–Crippen LogP) is 1.70. The number of anilines is 2. The molecule has 15 heavy (non-hydrogen) atoms. The highest BCUT2D eigenvalue weighted by molar-refractivity contribution is 5.53. The highest BCUT2D eigenvalue weighted by Gasteiger charge is 2.05. The molecule has 4 nitrogen and oxygen atoms in total. The molecule has 0 radical (unpaired) electrons. The van der Waals surface area contributed by atoms with Crippen molar-refractivity contribution in [2.45, 2.75) is 25.8 Å². The van der Waals surface area contributed by atoms with Crippen LogP contribution in [0.2, 0.25) is 0 Å². The van der Waals surface area contributed by atoms with Crippen LogP contribution < -0.4 is 10.6 Å². The van der Waals surface area contributed by atoms with Gasteiger partial charge < -0.3 is 15.7 Å². The second kappa shape index (κ2) is 6.24. The van der Waals surface area contributed by atoms with Gasteiger partial charge in [-0.05, 0) is 18.9 Å². The lowest BCUT2D eigenvalue weighted by Gasteiger charge is -2.17. The van der Waals surface area contributed by atoms with E-state index in [4.69, 9.17) is 5.11 Å². The Morgan fingerprint density at radius 3 is 2.73 bits per heavy atom. The minimum atomic E-state index is 0.213. The number of aliphatic hydroxyl groups is 1. The lowest BCUT2D eigenvalue weighted by atomic mass is 10.1. The van der Waals surface area contributed by atoms with Crippen LogP contribution >= 0.6 is 0 Å². The predicted molar refractivity (Wildman–Crippen MR) is 63.2 cm³/mol. The van der Waals surface area contributed by atoms with Crippen molar-refractivity contribution in [1.29, 1.82) is 0 Å². The van der Waals surface area contributed by atoms with E-state index < -0.39 is 0 Å². The summed E-state index contributed by atoms with van der Waals surface area (Å²) in [5.41, 5.74) is 1.97. The van der Waals surface area contributed by atoms with Crippen LogP contribution in [0, 0.1) is 0 Å². The van der Waals surface area contributed by atoms with Crippen LogP contribution in [0.1, 0.15) is 19.8 Å². The van der Waals surface area contributed by atoms with Crippen LogP contribution in [0.3, 0.4) is 0 Å². The number of nitrogens with zero attached hydrogens (tertiary/aromatic N) is 1. The van der Waals surface area contributed by atoms with Crippen molar-refractivity contribution in [3.8, 4) is 0 Å². The summed E-state index contributed by atoms with van der Waals surface area (Å²) in [6.45, 7) is 2.31. The van der Waals surface area contributed by atoms with Crippen molar-refractivity contribution < 1.29 is 5.11 Å². The average Bonchev–Trinajstić information content (AvgIpc) is 2.29. The van der Waals surface area contributed by atoms with E-state index in [2.05, 4.69) is 22.5 Å². The highest BCUT2D eigenvalue weighted by Crippen LogP contribution is 2.14. The summed E-state index contributed by atoms with van der Waals surface area (Å²) < 4.78 is 0. The molecular weight excluding hydrogens is 190 g/mol. The van der Waals surface area contributed by atoms with Gasteiger partial charge >= 0.3 is 0 Å². The third-order valence-electron chi connectivity index (χ3n) is 2.37. The molecule has 0 aliphatic carbocycles. The zero-order valence-corrected chi connectivity index (χ0v) is 9.33. The van der Waals surface area contributed by atoms with Gasteiger partial charge in [0.2, 0.25) is 0 Å². The maximum atomic E-state index is 8.88. The van der Waals surface area contributed by atoms with Crippen molar-refractivity contribution in [3.63, 3.8) is 0 Å². The standard InChI is InChI=1S/C11H19N3O/c1-3-9(4-5-15)14-11-6-10(12-2)7-13-8-11/h6-9,12,14-15H,3-5H2,1-2H3. The molecule has 0 aliphatic rings. The molecule has 0 spiro atoms. The molecule has 0 aromatic carbocycles. The Bertz CT molecular complexity index is 291. The first-order chi connectivity index (χ1) is 7.30. The minimum Gasteiger partial charge on any atom is -0.396 e. The summed E-state index contributed by atoms with van der Waals surface area (Å²) in [5, 5.41) is 15.3. The average molecular weight is 209 g/mol. The molecule has 1 aromatic rings. The van der Waals surface area contributed by atoms with Crippen LogP contribution in [0.5, 0.6) is 0 Å². The molecule has 3 N–H and O–H groups in total. The Labute approximate surface area is 90.7 Å². The summed E-state index contributed by atoms with van der Waals surface area (Å²) in [6, 6.07) is 2.32. The van der Waals surface area contributed by atoms with Crippen LogP contribution in [-0.2, 0) is 0 Å². The van der Waals surface area contributed by atoms with Gasteiger partial charge in [0.05, 0.1) is 23.8 Å². The van der Waals surface area contributed by atoms with Crippen LogP contribution in [0.25, 0.3) is 0 Å². The Balaban J connectivity index is 2.61. The Morgan fingerprint density at radius 2 is 2.13 bits per heavy atom. The number of aliphatic hydroxyl groups excluding tert-OH is 1. The van der Waals surface area contributed by atoms with Gasteiger partial charge in [0.25, 0.3) is 0 Å². The lowest BCUT2D eigenvalue weighted by molar-refractivity contribution is 0.278. The Morgan fingerprint density at radius 1 is 1.40 bits per heavy atom. The van der Waals surface area contributed by atoms with Crippen LogP contribution in [0.15, 0.2) is 18.5 Å². The molecule has 1 heterocycles. The number of hydrogen-bond acceptors (Lipinski definition) is 4. The van der Waals surface area contributed by atoms with Gasteiger partial charge in [-0.2, -0.15) is 0 Å². The van der Waals surface area contributed by atoms with E-state index in [0.29, 0.717) is 6.04 Å². The second-order valence-corrected chi connectivity index (χ2v) is 3.47. The minimum absolute atomic E-state index is 0.213. The third-order valence-corrected chi connectivity index (χ3v) is 2.37. The van der Waals surface area contributed by atoms with E-state index in [1.165, 1.54) is 0 Å². The molecule has 4 heteroatoms. The monoisotopic (exact) mass is 209 g/mol. The number of hydrogen-bond donors (Lipinski definition) is 3. The first-order valence-corrected chi connectivity index (χ1v) is 5.30. The van der Waals surface area contributed by atoms with Gasteiger partial charge in [-0.1, -0.05) is 6.92 Å². The molecule has 1 atom stereocenters. The zero-order valence-electron chi connectivity index (χ0n) is 9.33. The summed E-state index contributed by atoms with van der Waals surface area (Å²) in [6.07, 6.45) is 5.32. The molecule has 0 bridgehead atoms. The first kappa shape index (κ1) is 11.8. The van der Waals surface area contributed by atoms with E-state index in [1.807, 2.05) is 13.1 Å². The lowest BCUT2D eigenvalue weighted by Crippen LogP contribution is -2.19. The van der Waals surface area contributed by atoms with E-state index in [1.54, 1.807) is 12.4 Å². The van der Waals surface area contributed by atoms with E-state index in [-0.39, 0.29) is 6.61 Å². The van der Waals surface area contributed by atoms with Crippen molar-refractivity contribution in [1.82, 2.24) is 4.98 Å². The maximum absolute atomic E-state index is 8.88. The molecular formula is C11H19N3O. The zero-order chi connectivity index (χ0) is 11.1. The molecule has 0 saturated heterocycles. The number of aromatic nitrogens is 1. The van der Waals surface area contributed by atoms with Gasteiger partial charge in [-0.3, -0.25) is 4.98 Å². The second-order valence-electron chi connectivity index (χ2n) is 3.47. The van der Waals surface area contributed by atoms with Crippen LogP contribution in [0.4, 0.5) is 11.4 Å². The van der Waals surface area contributed by atoms with Crippen molar-refractivity contribution in [3.05, 3.63) is 18.5 Å². The Kier molecular flexibility index (Phi) is 4.90. The fourth-order valence-electron chi connectivity index (χ4n) is 1.43. The first-order valence-electron chi connectivity index (χ1n) is 5.30. The summed E-state index contributed by atoms with van der Waals surface area (Å²) in [4.78, 5) is 4.12. The third kappa shape index (κ3) is 3.75. The number of pyridine rings is 1. The highest BCUT2D eigenvalue weighted by atomic mass is 16.3.